The summed E-state index contributed by atoms with van der Waals surface area (Å²) in [7, 11) is 0. The van der Waals surface area contributed by atoms with E-state index in [0.29, 0.717) is 6.54 Å². The van der Waals surface area contributed by atoms with Gasteiger partial charge >= 0.3 is 0 Å². The van der Waals surface area contributed by atoms with Crippen LogP contribution in [0.5, 0.6) is 0 Å². The van der Waals surface area contributed by atoms with Crippen LogP contribution in [0, 0.1) is 12.8 Å². The van der Waals surface area contributed by atoms with Crippen molar-refractivity contribution in [2.45, 2.75) is 33.7 Å². The smallest absolute Gasteiger partial charge is 0.234 e. The van der Waals surface area contributed by atoms with Crippen LogP contribution >= 0.6 is 0 Å². The second-order valence-corrected chi connectivity index (χ2v) is 7.64. The van der Waals surface area contributed by atoms with Crippen LogP contribution in [0.15, 0.2) is 18.2 Å². The molecule has 1 aromatic heterocycles. The molecule has 26 heavy (non-hydrogen) atoms. The number of aromatic amines is 1. The number of carbonyl (C=O) groups is 1. The molecule has 1 fully saturated rings. The van der Waals surface area contributed by atoms with Crippen molar-refractivity contribution in [2.24, 2.45) is 5.92 Å². The molecular formula is C20H31N5O. The number of piperazine rings is 1. The maximum absolute atomic E-state index is 12.6. The van der Waals surface area contributed by atoms with Gasteiger partial charge in [-0.2, -0.15) is 0 Å². The molecule has 0 radical (unpaired) electrons. The molecular weight excluding hydrogens is 326 g/mol. The highest BCUT2D eigenvalue weighted by Crippen LogP contribution is 2.22. The Morgan fingerprint density at radius 3 is 2.58 bits per heavy atom. The van der Waals surface area contributed by atoms with E-state index in [1.54, 1.807) is 0 Å². The van der Waals surface area contributed by atoms with Crippen LogP contribution in [0.25, 0.3) is 11.0 Å². The zero-order chi connectivity index (χ0) is 18.7. The summed E-state index contributed by atoms with van der Waals surface area (Å²) in [5, 5.41) is 3.19. The van der Waals surface area contributed by atoms with Crippen LogP contribution in [0.4, 0.5) is 0 Å². The molecule has 0 bridgehead atoms. The molecule has 2 N–H and O–H groups in total. The SMILES string of the molecule is CCN1CCN(CC(=O)N[C@H](c2nc3ccc(C)cc3[nH]2)C(C)C)CC1. The van der Waals surface area contributed by atoms with E-state index in [0.717, 1.165) is 49.6 Å². The number of benzene rings is 1. The van der Waals surface area contributed by atoms with Gasteiger partial charge in [-0.1, -0.05) is 26.8 Å². The Kier molecular flexibility index (Phi) is 5.94. The van der Waals surface area contributed by atoms with Gasteiger partial charge in [0.1, 0.15) is 5.82 Å². The fourth-order valence-electron chi connectivity index (χ4n) is 3.53. The zero-order valence-electron chi connectivity index (χ0n) is 16.4. The van der Waals surface area contributed by atoms with Crippen molar-refractivity contribution in [3.05, 3.63) is 29.6 Å². The zero-order valence-corrected chi connectivity index (χ0v) is 16.4. The van der Waals surface area contributed by atoms with Gasteiger partial charge in [0.2, 0.25) is 5.91 Å². The van der Waals surface area contributed by atoms with Crippen molar-refractivity contribution < 1.29 is 4.79 Å². The molecule has 0 spiro atoms. The highest BCUT2D eigenvalue weighted by atomic mass is 16.2. The number of carbonyl (C=O) groups excluding carboxylic acids is 1. The Labute approximate surface area is 156 Å². The molecule has 1 amide bonds. The second kappa shape index (κ2) is 8.18. The molecule has 1 atom stereocenters. The summed E-state index contributed by atoms with van der Waals surface area (Å²) in [6.45, 7) is 14.0. The summed E-state index contributed by atoms with van der Waals surface area (Å²) in [5.41, 5.74) is 3.17. The maximum Gasteiger partial charge on any atom is 0.234 e. The third-order valence-electron chi connectivity index (χ3n) is 5.21. The fraction of sp³-hybridized carbons (Fsp3) is 0.600. The lowest BCUT2D eigenvalue weighted by molar-refractivity contribution is -0.123. The van der Waals surface area contributed by atoms with Crippen molar-refractivity contribution in [3.8, 4) is 0 Å². The quantitative estimate of drug-likeness (QED) is 0.833. The number of H-pyrrole nitrogens is 1. The Morgan fingerprint density at radius 2 is 1.92 bits per heavy atom. The lowest BCUT2D eigenvalue weighted by Crippen LogP contribution is -2.49. The topological polar surface area (TPSA) is 64.3 Å². The number of fused-ring (bicyclic) bond motifs is 1. The summed E-state index contributed by atoms with van der Waals surface area (Å²) in [6, 6.07) is 6.08. The van der Waals surface area contributed by atoms with Gasteiger partial charge < -0.3 is 15.2 Å². The number of aryl methyl sites for hydroxylation is 1. The van der Waals surface area contributed by atoms with Gasteiger partial charge in [0.05, 0.1) is 23.6 Å². The number of imidazole rings is 1. The molecule has 1 aliphatic heterocycles. The Balaban J connectivity index is 1.65. The molecule has 6 heteroatoms. The number of amides is 1. The monoisotopic (exact) mass is 357 g/mol. The average Bonchev–Trinajstić information content (AvgIpc) is 3.02. The van der Waals surface area contributed by atoms with Gasteiger partial charge in [-0.3, -0.25) is 9.69 Å². The van der Waals surface area contributed by atoms with Crippen LogP contribution in [0.3, 0.4) is 0 Å². The van der Waals surface area contributed by atoms with Gasteiger partial charge in [-0.25, -0.2) is 4.98 Å². The Hall–Kier alpha value is -1.92. The maximum atomic E-state index is 12.6. The van der Waals surface area contributed by atoms with Crippen LogP contribution in [0.1, 0.15) is 38.2 Å². The third-order valence-corrected chi connectivity index (χ3v) is 5.21. The molecule has 6 nitrogen and oxygen atoms in total. The fourth-order valence-corrected chi connectivity index (χ4v) is 3.53. The van der Waals surface area contributed by atoms with Crippen LogP contribution < -0.4 is 5.32 Å². The van der Waals surface area contributed by atoms with Gasteiger partial charge in [0.25, 0.3) is 0 Å². The Morgan fingerprint density at radius 1 is 1.23 bits per heavy atom. The highest BCUT2D eigenvalue weighted by Gasteiger charge is 2.24. The van der Waals surface area contributed by atoms with Crippen molar-refractivity contribution >= 4 is 16.9 Å². The molecule has 3 rings (SSSR count). The van der Waals surface area contributed by atoms with Gasteiger partial charge in [0, 0.05) is 26.2 Å². The summed E-state index contributed by atoms with van der Waals surface area (Å²) in [5.74, 6) is 1.17. The molecule has 1 saturated heterocycles. The normalized spacial score (nSPS) is 17.7. The minimum absolute atomic E-state index is 0.0743. The van der Waals surface area contributed by atoms with E-state index in [1.807, 2.05) is 6.07 Å². The van der Waals surface area contributed by atoms with E-state index < -0.39 is 0 Å². The summed E-state index contributed by atoms with van der Waals surface area (Å²) < 4.78 is 0. The number of hydrogen-bond donors (Lipinski definition) is 2. The number of nitrogens with zero attached hydrogens (tertiary/aromatic N) is 3. The first-order valence-corrected chi connectivity index (χ1v) is 9.66. The Bertz CT molecular complexity index is 746. The van der Waals surface area contributed by atoms with Gasteiger partial charge in [-0.15, -0.1) is 0 Å². The van der Waals surface area contributed by atoms with E-state index in [2.05, 4.69) is 59.9 Å². The van der Waals surface area contributed by atoms with Crippen LogP contribution in [-0.2, 0) is 4.79 Å². The van der Waals surface area contributed by atoms with Crippen molar-refractivity contribution in [3.63, 3.8) is 0 Å². The lowest BCUT2D eigenvalue weighted by Gasteiger charge is -2.33. The number of rotatable bonds is 6. The van der Waals surface area contributed by atoms with Crippen molar-refractivity contribution in [2.75, 3.05) is 39.3 Å². The summed E-state index contributed by atoms with van der Waals surface area (Å²) >= 11 is 0. The first kappa shape index (κ1) is 18.9. The molecule has 1 aliphatic rings. The van der Waals surface area contributed by atoms with Gasteiger partial charge in [0.15, 0.2) is 0 Å². The van der Waals surface area contributed by atoms with E-state index in [9.17, 15) is 4.79 Å². The molecule has 142 valence electrons. The minimum atomic E-state index is -0.105. The lowest BCUT2D eigenvalue weighted by atomic mass is 10.0. The average molecular weight is 358 g/mol. The minimum Gasteiger partial charge on any atom is -0.345 e. The van der Waals surface area contributed by atoms with E-state index in [-0.39, 0.29) is 17.9 Å². The summed E-state index contributed by atoms with van der Waals surface area (Å²) in [6.07, 6.45) is 0. The number of hydrogen-bond acceptors (Lipinski definition) is 4. The largest absolute Gasteiger partial charge is 0.345 e. The number of nitrogens with one attached hydrogen (secondary N) is 2. The van der Waals surface area contributed by atoms with Crippen LogP contribution in [0.2, 0.25) is 0 Å². The predicted molar refractivity (Wildman–Crippen MR) is 105 cm³/mol. The first-order chi connectivity index (χ1) is 12.5. The standard InChI is InChI=1S/C20H31N5O/c1-5-24-8-10-25(11-9-24)13-18(26)23-19(14(2)3)20-21-16-7-6-15(4)12-17(16)22-20/h6-7,12,14,19H,5,8-11,13H2,1-4H3,(H,21,22)(H,23,26)/t19-/m0/s1. The highest BCUT2D eigenvalue weighted by molar-refractivity contribution is 5.79. The van der Waals surface area contributed by atoms with Crippen LogP contribution in [-0.4, -0.2) is 64.9 Å². The first-order valence-electron chi connectivity index (χ1n) is 9.66. The number of aromatic nitrogens is 2. The predicted octanol–water partition coefficient (Wildman–Crippen LogP) is 2.32. The van der Waals surface area contributed by atoms with E-state index in [4.69, 9.17) is 4.98 Å². The molecule has 0 unspecified atom stereocenters. The van der Waals surface area contributed by atoms with E-state index >= 15 is 0 Å². The molecule has 2 aromatic rings. The third kappa shape index (κ3) is 4.43. The molecule has 0 saturated carbocycles. The second-order valence-electron chi connectivity index (χ2n) is 7.64. The summed E-state index contributed by atoms with van der Waals surface area (Å²) in [4.78, 5) is 25.4. The van der Waals surface area contributed by atoms with Crippen molar-refractivity contribution in [1.29, 1.82) is 0 Å². The van der Waals surface area contributed by atoms with E-state index in [1.165, 1.54) is 5.56 Å². The van der Waals surface area contributed by atoms with Crippen molar-refractivity contribution in [1.82, 2.24) is 25.1 Å². The molecule has 0 aliphatic carbocycles. The molecule has 2 heterocycles. The van der Waals surface area contributed by atoms with Gasteiger partial charge in [-0.05, 0) is 37.1 Å². The number of likely N-dealkylation sites (N-methyl/N-ethyl adjacent to an activating group) is 1. The molecule has 1 aromatic carbocycles.